The van der Waals surface area contributed by atoms with Gasteiger partial charge in [-0.15, -0.1) is 5.10 Å². The number of carbonyl (C=O) groups is 1. The van der Waals surface area contributed by atoms with Crippen molar-refractivity contribution in [3.8, 4) is 0 Å². The van der Waals surface area contributed by atoms with E-state index in [1.165, 1.54) is 12.1 Å². The number of alkyl halides is 3. The first-order chi connectivity index (χ1) is 9.75. The Labute approximate surface area is 126 Å². The molecule has 0 aliphatic rings. The van der Waals surface area contributed by atoms with Crippen molar-refractivity contribution in [2.75, 3.05) is 5.32 Å². The number of rotatable bonds is 3. The summed E-state index contributed by atoms with van der Waals surface area (Å²) in [5.74, 6) is -2.32. The summed E-state index contributed by atoms with van der Waals surface area (Å²) in [5.41, 5.74) is 0.550. The molecule has 0 aliphatic carbocycles. The summed E-state index contributed by atoms with van der Waals surface area (Å²) in [6.07, 6.45) is -4.76. The lowest BCUT2D eigenvalue weighted by Gasteiger charge is -2.03. The van der Waals surface area contributed by atoms with Gasteiger partial charge < -0.3 is 0 Å². The van der Waals surface area contributed by atoms with Gasteiger partial charge >= 0.3 is 6.18 Å². The van der Waals surface area contributed by atoms with Gasteiger partial charge in [0.15, 0.2) is 0 Å². The molecule has 0 spiro atoms. The quantitative estimate of drug-likeness (QED) is 0.901. The molecule has 0 unspecified atom stereocenters. The monoisotopic (exact) mass is 338 g/mol. The van der Waals surface area contributed by atoms with Crippen LogP contribution in [0.5, 0.6) is 0 Å². The number of H-pyrrole nitrogens is 1. The zero-order valence-corrected chi connectivity index (χ0v) is 11.6. The molecule has 21 heavy (non-hydrogen) atoms. The molecule has 1 amide bonds. The fourth-order valence-corrected chi connectivity index (χ4v) is 1.77. The van der Waals surface area contributed by atoms with Crippen molar-refractivity contribution in [3.63, 3.8) is 0 Å². The van der Waals surface area contributed by atoms with Crippen LogP contribution in [0.25, 0.3) is 0 Å². The zero-order valence-electron chi connectivity index (χ0n) is 10.1. The van der Waals surface area contributed by atoms with E-state index in [9.17, 15) is 18.0 Å². The van der Waals surface area contributed by atoms with Gasteiger partial charge in [0.2, 0.25) is 17.7 Å². The number of anilines is 1. The average Bonchev–Trinajstić information content (AvgIpc) is 2.82. The van der Waals surface area contributed by atoms with E-state index in [2.05, 4.69) is 15.4 Å². The highest BCUT2D eigenvalue weighted by atomic mass is 35.5. The molecule has 0 fully saturated rings. The van der Waals surface area contributed by atoms with Gasteiger partial charge in [0, 0.05) is 0 Å². The molecule has 2 rings (SSSR count). The van der Waals surface area contributed by atoms with Crippen molar-refractivity contribution < 1.29 is 18.0 Å². The standard InChI is InChI=1S/C11H7Cl2F3N4O/c12-6-2-1-5(3-7(6)13)4-8(21)17-10-18-9(19-20-10)11(14,15)16/h1-3H,4H2,(H2,17,18,19,20,21). The molecular formula is C11H7Cl2F3N4O. The van der Waals surface area contributed by atoms with Crippen LogP contribution >= 0.6 is 23.2 Å². The van der Waals surface area contributed by atoms with E-state index in [1.54, 1.807) is 11.2 Å². The van der Waals surface area contributed by atoms with Crippen LogP contribution in [0, 0.1) is 0 Å². The van der Waals surface area contributed by atoms with Crippen LogP contribution in [-0.2, 0) is 17.4 Å². The van der Waals surface area contributed by atoms with Gasteiger partial charge in [-0.25, -0.2) is 0 Å². The van der Waals surface area contributed by atoms with E-state index in [4.69, 9.17) is 23.2 Å². The third-order valence-electron chi connectivity index (χ3n) is 2.35. The molecule has 0 saturated carbocycles. The van der Waals surface area contributed by atoms with Gasteiger partial charge in [-0.3, -0.25) is 15.2 Å². The minimum absolute atomic E-state index is 0.104. The Morgan fingerprint density at radius 2 is 2.00 bits per heavy atom. The summed E-state index contributed by atoms with van der Waals surface area (Å²) in [7, 11) is 0. The molecule has 10 heteroatoms. The molecular weight excluding hydrogens is 332 g/mol. The van der Waals surface area contributed by atoms with Crippen molar-refractivity contribution in [1.29, 1.82) is 0 Å². The number of carbonyl (C=O) groups excluding carboxylic acids is 1. The molecule has 2 N–H and O–H groups in total. The number of halogens is 5. The summed E-state index contributed by atoms with van der Waals surface area (Å²) in [6.45, 7) is 0. The minimum atomic E-state index is -4.65. The van der Waals surface area contributed by atoms with Crippen molar-refractivity contribution in [2.24, 2.45) is 0 Å². The lowest BCUT2D eigenvalue weighted by Crippen LogP contribution is -2.15. The van der Waals surface area contributed by atoms with Crippen molar-refractivity contribution in [2.45, 2.75) is 12.6 Å². The third-order valence-corrected chi connectivity index (χ3v) is 3.09. The van der Waals surface area contributed by atoms with Crippen LogP contribution < -0.4 is 5.32 Å². The molecule has 0 saturated heterocycles. The fraction of sp³-hybridized carbons (Fsp3) is 0.182. The zero-order chi connectivity index (χ0) is 15.6. The molecule has 2 aromatic rings. The van der Waals surface area contributed by atoms with Crippen molar-refractivity contribution in [3.05, 3.63) is 39.6 Å². The van der Waals surface area contributed by atoms with Crippen LogP contribution in [0.1, 0.15) is 11.4 Å². The largest absolute Gasteiger partial charge is 0.451 e. The summed E-state index contributed by atoms with van der Waals surface area (Å²) in [4.78, 5) is 14.8. The summed E-state index contributed by atoms with van der Waals surface area (Å²) in [6, 6.07) is 4.58. The molecule has 0 bridgehead atoms. The van der Waals surface area contributed by atoms with Gasteiger partial charge in [-0.05, 0) is 17.7 Å². The van der Waals surface area contributed by atoms with Crippen LogP contribution in [0.3, 0.4) is 0 Å². The maximum Gasteiger partial charge on any atom is 0.451 e. The van der Waals surface area contributed by atoms with Gasteiger partial charge in [0.1, 0.15) is 0 Å². The molecule has 5 nitrogen and oxygen atoms in total. The van der Waals surface area contributed by atoms with E-state index >= 15 is 0 Å². The summed E-state index contributed by atoms with van der Waals surface area (Å²) < 4.78 is 36.9. The Morgan fingerprint density at radius 3 is 2.57 bits per heavy atom. The number of hydrogen-bond donors (Lipinski definition) is 2. The predicted molar refractivity (Wildman–Crippen MR) is 70.2 cm³/mol. The van der Waals surface area contributed by atoms with Gasteiger partial charge in [-0.2, -0.15) is 18.2 Å². The first-order valence-corrected chi connectivity index (χ1v) is 6.24. The Balaban J connectivity index is 2.01. The van der Waals surface area contributed by atoms with Crippen LogP contribution in [0.15, 0.2) is 18.2 Å². The second-order valence-electron chi connectivity index (χ2n) is 3.98. The fourth-order valence-electron chi connectivity index (χ4n) is 1.45. The normalized spacial score (nSPS) is 11.5. The maximum absolute atomic E-state index is 12.3. The lowest BCUT2D eigenvalue weighted by atomic mass is 10.1. The molecule has 0 radical (unpaired) electrons. The van der Waals surface area contributed by atoms with Gasteiger partial charge in [0.25, 0.3) is 0 Å². The van der Waals surface area contributed by atoms with Crippen LogP contribution in [0.4, 0.5) is 19.1 Å². The maximum atomic E-state index is 12.3. The highest BCUT2D eigenvalue weighted by Crippen LogP contribution is 2.26. The Kier molecular flexibility index (Phi) is 4.38. The van der Waals surface area contributed by atoms with E-state index in [0.29, 0.717) is 10.6 Å². The first kappa shape index (κ1) is 15.6. The SMILES string of the molecule is O=C(Cc1ccc(Cl)c(Cl)c1)Nc1n[nH]c(C(F)(F)F)n1. The molecule has 0 aliphatic heterocycles. The number of amides is 1. The molecule has 1 heterocycles. The lowest BCUT2D eigenvalue weighted by molar-refractivity contribution is -0.144. The van der Waals surface area contributed by atoms with Crippen LogP contribution in [-0.4, -0.2) is 21.1 Å². The molecule has 1 aromatic heterocycles. The third kappa shape index (κ3) is 4.08. The minimum Gasteiger partial charge on any atom is -0.293 e. The number of aromatic amines is 1. The Morgan fingerprint density at radius 1 is 1.29 bits per heavy atom. The Bertz CT molecular complexity index is 672. The number of hydrogen-bond acceptors (Lipinski definition) is 3. The first-order valence-electron chi connectivity index (χ1n) is 5.49. The second kappa shape index (κ2) is 5.90. The summed E-state index contributed by atoms with van der Waals surface area (Å²) in [5, 5.41) is 7.72. The van der Waals surface area contributed by atoms with E-state index in [0.717, 1.165) is 0 Å². The molecule has 112 valence electrons. The molecule has 0 atom stereocenters. The smallest absolute Gasteiger partial charge is 0.293 e. The highest BCUT2D eigenvalue weighted by molar-refractivity contribution is 6.42. The molecule has 1 aromatic carbocycles. The van der Waals surface area contributed by atoms with Crippen molar-refractivity contribution in [1.82, 2.24) is 15.2 Å². The second-order valence-corrected chi connectivity index (χ2v) is 4.79. The van der Waals surface area contributed by atoms with Crippen LogP contribution in [0.2, 0.25) is 10.0 Å². The number of nitrogens with one attached hydrogen (secondary N) is 2. The number of aromatic nitrogens is 3. The highest BCUT2D eigenvalue weighted by Gasteiger charge is 2.35. The average molecular weight is 339 g/mol. The summed E-state index contributed by atoms with van der Waals surface area (Å²) >= 11 is 11.5. The number of nitrogens with zero attached hydrogens (tertiary/aromatic N) is 2. The predicted octanol–water partition coefficient (Wildman–Crippen LogP) is 3.31. The number of benzene rings is 1. The van der Waals surface area contributed by atoms with Gasteiger partial charge in [0.05, 0.1) is 16.5 Å². The van der Waals surface area contributed by atoms with E-state index in [1.807, 2.05) is 0 Å². The van der Waals surface area contributed by atoms with Crippen molar-refractivity contribution >= 4 is 35.1 Å². The van der Waals surface area contributed by atoms with E-state index in [-0.39, 0.29) is 11.4 Å². The Hall–Kier alpha value is -1.80. The topological polar surface area (TPSA) is 70.7 Å². The van der Waals surface area contributed by atoms with Gasteiger partial charge in [-0.1, -0.05) is 29.3 Å². The van der Waals surface area contributed by atoms with E-state index < -0.39 is 23.9 Å².